The van der Waals surface area contributed by atoms with E-state index in [4.69, 9.17) is 19.2 Å². The van der Waals surface area contributed by atoms with Gasteiger partial charge in [0.25, 0.3) is 5.78 Å². The van der Waals surface area contributed by atoms with Gasteiger partial charge in [-0.2, -0.15) is 0 Å². The lowest BCUT2D eigenvalue weighted by Crippen LogP contribution is -2.29. The lowest BCUT2D eigenvalue weighted by molar-refractivity contribution is -0.132. The maximum absolute atomic E-state index is 13.7. The molecule has 42 heavy (non-hydrogen) atoms. The summed E-state index contributed by atoms with van der Waals surface area (Å²) in [6.07, 6.45) is 2.60. The highest BCUT2D eigenvalue weighted by molar-refractivity contribution is 7.22. The van der Waals surface area contributed by atoms with Crippen LogP contribution in [0.2, 0.25) is 0 Å². The second kappa shape index (κ2) is 11.1. The van der Waals surface area contributed by atoms with Gasteiger partial charge < -0.3 is 19.3 Å². The SMILES string of the molecule is CCCCOc1ccc([C@H]2C(=C(O)c3ccc4c(c3)C[C@@H](C)O4)C(=O)C(=O)N2c2nc3ccc(C)cc3s2)cc1OC. The van der Waals surface area contributed by atoms with E-state index in [2.05, 4.69) is 6.92 Å². The Hall–Kier alpha value is -4.37. The van der Waals surface area contributed by atoms with Crippen molar-refractivity contribution in [1.29, 1.82) is 0 Å². The number of amides is 1. The summed E-state index contributed by atoms with van der Waals surface area (Å²) in [6.45, 7) is 6.60. The second-order valence-corrected chi connectivity index (χ2v) is 11.7. The molecule has 0 radical (unpaired) electrons. The number of rotatable bonds is 8. The Morgan fingerprint density at radius 3 is 2.74 bits per heavy atom. The van der Waals surface area contributed by atoms with Crippen molar-refractivity contribution in [2.45, 2.75) is 52.2 Å². The Labute approximate surface area is 248 Å². The summed E-state index contributed by atoms with van der Waals surface area (Å²) >= 11 is 1.33. The third-order valence-electron chi connectivity index (χ3n) is 7.61. The van der Waals surface area contributed by atoms with Crippen LogP contribution in [0, 0.1) is 6.92 Å². The number of nitrogens with zero attached hydrogens (tertiary/aromatic N) is 2. The number of aromatic nitrogens is 1. The van der Waals surface area contributed by atoms with E-state index in [1.54, 1.807) is 37.4 Å². The van der Waals surface area contributed by atoms with E-state index in [-0.39, 0.29) is 17.4 Å². The molecule has 0 unspecified atom stereocenters. The van der Waals surface area contributed by atoms with E-state index in [1.807, 2.05) is 38.1 Å². The molecular weight excluding hydrogens is 552 g/mol. The van der Waals surface area contributed by atoms with E-state index in [0.717, 1.165) is 39.9 Å². The summed E-state index contributed by atoms with van der Waals surface area (Å²) in [5, 5.41) is 12.0. The fourth-order valence-corrected chi connectivity index (χ4v) is 6.58. The predicted molar refractivity (Wildman–Crippen MR) is 163 cm³/mol. The number of ether oxygens (including phenoxy) is 3. The van der Waals surface area contributed by atoms with E-state index in [0.29, 0.717) is 40.8 Å². The Balaban J connectivity index is 1.51. The first-order chi connectivity index (χ1) is 20.3. The number of anilines is 1. The van der Waals surface area contributed by atoms with Gasteiger partial charge in [-0.25, -0.2) is 4.98 Å². The fraction of sp³-hybridized carbons (Fsp3) is 0.303. The topological polar surface area (TPSA) is 98.2 Å². The number of benzene rings is 3. The Morgan fingerprint density at radius 1 is 1.12 bits per heavy atom. The number of ketones is 1. The molecule has 4 aromatic rings. The van der Waals surface area contributed by atoms with Crippen LogP contribution in [0.4, 0.5) is 5.13 Å². The molecule has 3 heterocycles. The summed E-state index contributed by atoms with van der Waals surface area (Å²) in [5.74, 6) is 0.0113. The normalized spacial score (nSPS) is 19.3. The van der Waals surface area contributed by atoms with Gasteiger partial charge in [-0.05, 0) is 79.4 Å². The number of carbonyl (C=O) groups excluding carboxylic acids is 2. The summed E-state index contributed by atoms with van der Waals surface area (Å²) in [6, 6.07) is 15.6. The minimum Gasteiger partial charge on any atom is -0.507 e. The number of methoxy groups -OCH3 is 1. The molecule has 8 nitrogen and oxygen atoms in total. The van der Waals surface area contributed by atoms with Gasteiger partial charge in [0.2, 0.25) is 0 Å². The van der Waals surface area contributed by atoms with Crippen LogP contribution in [-0.2, 0) is 16.0 Å². The van der Waals surface area contributed by atoms with E-state index < -0.39 is 17.7 Å². The van der Waals surface area contributed by atoms with Gasteiger partial charge in [-0.1, -0.05) is 36.8 Å². The van der Waals surface area contributed by atoms with Crippen LogP contribution < -0.4 is 19.1 Å². The number of aliphatic hydroxyl groups excluding tert-OH is 1. The van der Waals surface area contributed by atoms with Gasteiger partial charge in [0.05, 0.1) is 35.5 Å². The zero-order valence-electron chi connectivity index (χ0n) is 24.0. The van der Waals surface area contributed by atoms with Crippen LogP contribution >= 0.6 is 11.3 Å². The molecule has 2 aliphatic rings. The molecule has 216 valence electrons. The number of hydrogen-bond acceptors (Lipinski definition) is 8. The van der Waals surface area contributed by atoms with Crippen molar-refractivity contribution in [3.8, 4) is 17.2 Å². The molecule has 1 fully saturated rings. The van der Waals surface area contributed by atoms with Gasteiger partial charge in [0, 0.05) is 12.0 Å². The molecule has 0 saturated carbocycles. The summed E-state index contributed by atoms with van der Waals surface area (Å²) < 4.78 is 18.3. The lowest BCUT2D eigenvalue weighted by Gasteiger charge is -2.24. The van der Waals surface area contributed by atoms with Gasteiger partial charge in [0.15, 0.2) is 16.6 Å². The van der Waals surface area contributed by atoms with Crippen molar-refractivity contribution >= 4 is 44.1 Å². The summed E-state index contributed by atoms with van der Waals surface area (Å²) in [5.41, 5.74) is 3.75. The first-order valence-electron chi connectivity index (χ1n) is 14.1. The van der Waals surface area contributed by atoms with Crippen LogP contribution in [0.5, 0.6) is 17.2 Å². The number of hydrogen-bond donors (Lipinski definition) is 1. The highest BCUT2D eigenvalue weighted by Crippen LogP contribution is 2.46. The molecule has 2 atom stereocenters. The Morgan fingerprint density at radius 2 is 1.95 bits per heavy atom. The number of thiazole rings is 1. The smallest absolute Gasteiger partial charge is 0.301 e. The van der Waals surface area contributed by atoms with Crippen molar-refractivity contribution < 1.29 is 28.9 Å². The standard InChI is InChI=1S/C33H32N2O6S/c1-5-6-13-40-25-12-8-20(17-26(25)39-4)29-28(30(36)21-9-11-24-22(16-21)15-19(3)41-24)31(37)32(38)35(29)33-34-23-10-7-18(2)14-27(23)42-33/h7-12,14,16-17,19,29,36H,5-6,13,15H2,1-4H3/t19-,29+/m1/s1. The minimum absolute atomic E-state index is 0.0101. The average molecular weight is 585 g/mol. The zero-order valence-corrected chi connectivity index (χ0v) is 24.8. The lowest BCUT2D eigenvalue weighted by atomic mass is 9.94. The quantitative estimate of drug-likeness (QED) is 0.106. The third-order valence-corrected chi connectivity index (χ3v) is 8.63. The molecule has 3 aromatic carbocycles. The monoisotopic (exact) mass is 584 g/mol. The van der Waals surface area contributed by atoms with Crippen molar-refractivity contribution in [3.05, 3.63) is 82.4 Å². The maximum Gasteiger partial charge on any atom is 0.301 e. The van der Waals surface area contributed by atoms with E-state index in [9.17, 15) is 14.7 Å². The van der Waals surface area contributed by atoms with Gasteiger partial charge in [0.1, 0.15) is 17.6 Å². The third kappa shape index (κ3) is 4.87. The molecular formula is C33H32N2O6S. The first-order valence-corrected chi connectivity index (χ1v) is 14.9. The van der Waals surface area contributed by atoms with Crippen LogP contribution in [0.1, 0.15) is 55.0 Å². The molecule has 0 aliphatic carbocycles. The van der Waals surface area contributed by atoms with Crippen molar-refractivity contribution in [2.75, 3.05) is 18.6 Å². The fourth-order valence-electron chi connectivity index (χ4n) is 5.49. The largest absolute Gasteiger partial charge is 0.507 e. The molecule has 1 N–H and O–H groups in total. The predicted octanol–water partition coefficient (Wildman–Crippen LogP) is 6.74. The number of Topliss-reactive ketones (excluding diaryl/α,β-unsaturated/α-hetero) is 1. The number of fused-ring (bicyclic) bond motifs is 2. The second-order valence-electron chi connectivity index (χ2n) is 10.7. The van der Waals surface area contributed by atoms with Crippen LogP contribution in [0.15, 0.2) is 60.2 Å². The zero-order chi connectivity index (χ0) is 29.5. The number of aliphatic hydroxyl groups is 1. The molecule has 6 rings (SSSR count). The van der Waals surface area contributed by atoms with Crippen LogP contribution in [-0.4, -0.2) is 41.6 Å². The number of unbranched alkanes of at least 4 members (excludes halogenated alkanes) is 1. The Bertz CT molecular complexity index is 1740. The number of carbonyl (C=O) groups is 2. The molecule has 2 aliphatic heterocycles. The summed E-state index contributed by atoms with van der Waals surface area (Å²) in [7, 11) is 1.55. The first kappa shape index (κ1) is 27.8. The molecule has 1 amide bonds. The van der Waals surface area contributed by atoms with Gasteiger partial charge in [-0.3, -0.25) is 14.5 Å². The molecule has 9 heteroatoms. The van der Waals surface area contributed by atoms with Crippen molar-refractivity contribution in [3.63, 3.8) is 0 Å². The molecule has 1 saturated heterocycles. The molecule has 1 aromatic heterocycles. The van der Waals surface area contributed by atoms with Crippen LogP contribution in [0.3, 0.4) is 0 Å². The van der Waals surface area contributed by atoms with Gasteiger partial charge in [-0.15, -0.1) is 0 Å². The molecule has 0 bridgehead atoms. The highest BCUT2D eigenvalue weighted by atomic mass is 32.1. The van der Waals surface area contributed by atoms with Crippen molar-refractivity contribution in [1.82, 2.24) is 4.98 Å². The molecule has 0 spiro atoms. The van der Waals surface area contributed by atoms with Crippen molar-refractivity contribution in [2.24, 2.45) is 0 Å². The van der Waals surface area contributed by atoms with Gasteiger partial charge >= 0.3 is 5.91 Å². The maximum atomic E-state index is 13.7. The minimum atomic E-state index is -0.936. The highest BCUT2D eigenvalue weighted by Gasteiger charge is 2.48. The van der Waals surface area contributed by atoms with Crippen LogP contribution in [0.25, 0.3) is 16.0 Å². The van der Waals surface area contributed by atoms with E-state index in [1.165, 1.54) is 16.2 Å². The van der Waals surface area contributed by atoms with E-state index >= 15 is 0 Å². The Kier molecular flexibility index (Phi) is 7.36. The summed E-state index contributed by atoms with van der Waals surface area (Å²) in [4.78, 5) is 33.6. The average Bonchev–Trinajstić information content (AvgIpc) is 3.64. The number of aryl methyl sites for hydroxylation is 1.